The smallest absolute Gasteiger partial charge is 0.251 e. The number of benzene rings is 2. The molecule has 9 nitrogen and oxygen atoms in total. The summed E-state index contributed by atoms with van der Waals surface area (Å²) < 4.78 is 20.0. The Morgan fingerprint density at radius 1 is 1.11 bits per heavy atom. The van der Waals surface area contributed by atoms with Crippen LogP contribution in [0, 0.1) is 12.7 Å². The second kappa shape index (κ2) is 10.5. The first kappa shape index (κ1) is 26.0. The first-order chi connectivity index (χ1) is 17.5. The van der Waals surface area contributed by atoms with Gasteiger partial charge >= 0.3 is 0 Å². The van der Waals surface area contributed by atoms with Crippen molar-refractivity contribution >= 4 is 29.1 Å². The van der Waals surface area contributed by atoms with E-state index in [0.29, 0.717) is 16.5 Å². The predicted molar refractivity (Wildman–Crippen MR) is 136 cm³/mol. The number of anilines is 1. The van der Waals surface area contributed by atoms with Crippen LogP contribution in [0.2, 0.25) is 5.02 Å². The van der Waals surface area contributed by atoms with Gasteiger partial charge in [0.1, 0.15) is 23.9 Å². The molecule has 1 unspecified atom stereocenters. The van der Waals surface area contributed by atoms with Gasteiger partial charge in [0.2, 0.25) is 5.82 Å². The summed E-state index contributed by atoms with van der Waals surface area (Å²) in [5, 5.41) is 15.4. The van der Waals surface area contributed by atoms with Crippen LogP contribution in [0.5, 0.6) is 0 Å². The van der Waals surface area contributed by atoms with Crippen LogP contribution in [0.15, 0.2) is 65.1 Å². The molecule has 2 aromatic heterocycles. The van der Waals surface area contributed by atoms with Crippen molar-refractivity contribution in [2.24, 2.45) is 0 Å². The van der Waals surface area contributed by atoms with Crippen molar-refractivity contribution in [3.05, 3.63) is 83.0 Å². The summed E-state index contributed by atoms with van der Waals surface area (Å²) in [4.78, 5) is 29.7. The number of carbonyl (C=O) groups excluding carboxylic acids is 2. The molecule has 1 atom stereocenters. The van der Waals surface area contributed by atoms with Crippen LogP contribution in [-0.4, -0.2) is 37.6 Å². The number of halogens is 2. The van der Waals surface area contributed by atoms with Crippen molar-refractivity contribution in [3.63, 3.8) is 0 Å². The van der Waals surface area contributed by atoms with Crippen molar-refractivity contribution in [1.82, 2.24) is 25.5 Å². The van der Waals surface area contributed by atoms with Crippen LogP contribution in [0.25, 0.3) is 11.4 Å². The van der Waals surface area contributed by atoms with Gasteiger partial charge in [-0.3, -0.25) is 14.5 Å². The summed E-state index contributed by atoms with van der Waals surface area (Å²) in [6.45, 7) is 6.90. The Balaban J connectivity index is 1.73. The number of hydrogen-bond acceptors (Lipinski definition) is 6. The number of amides is 2. The molecule has 0 bridgehead atoms. The van der Waals surface area contributed by atoms with Gasteiger partial charge < -0.3 is 9.73 Å². The molecule has 0 aliphatic carbocycles. The Morgan fingerprint density at radius 3 is 2.43 bits per heavy atom. The molecule has 192 valence electrons. The molecule has 1 N–H and O–H groups in total. The highest BCUT2D eigenvalue weighted by molar-refractivity contribution is 6.30. The van der Waals surface area contributed by atoms with Crippen molar-refractivity contribution in [2.75, 3.05) is 4.90 Å². The Kier molecular flexibility index (Phi) is 7.40. The molecule has 0 fully saturated rings. The second-order valence-electron chi connectivity index (χ2n) is 9.45. The van der Waals surface area contributed by atoms with Crippen LogP contribution in [0.3, 0.4) is 0 Å². The quantitative estimate of drug-likeness (QED) is 0.375. The van der Waals surface area contributed by atoms with Gasteiger partial charge in [-0.1, -0.05) is 23.7 Å². The first-order valence-electron chi connectivity index (χ1n) is 11.5. The Bertz CT molecular complexity index is 1410. The number of hydrogen-bond donors (Lipinski definition) is 1. The molecule has 0 saturated heterocycles. The van der Waals surface area contributed by atoms with E-state index in [1.807, 2.05) is 20.8 Å². The molecule has 11 heteroatoms. The van der Waals surface area contributed by atoms with Crippen LogP contribution in [-0.2, 0) is 16.1 Å². The molecule has 37 heavy (non-hydrogen) atoms. The molecule has 0 saturated carbocycles. The molecule has 2 amide bonds. The molecule has 0 aliphatic heterocycles. The van der Waals surface area contributed by atoms with Crippen molar-refractivity contribution in [2.45, 2.75) is 45.8 Å². The van der Waals surface area contributed by atoms with E-state index in [0.717, 1.165) is 4.80 Å². The highest BCUT2D eigenvalue weighted by Gasteiger charge is 2.37. The third-order valence-corrected chi connectivity index (χ3v) is 5.51. The van der Waals surface area contributed by atoms with E-state index in [-0.39, 0.29) is 23.7 Å². The summed E-state index contributed by atoms with van der Waals surface area (Å²) in [5.74, 6) is -0.580. The lowest BCUT2D eigenvalue weighted by molar-refractivity contribution is -0.128. The van der Waals surface area contributed by atoms with Gasteiger partial charge in [0.15, 0.2) is 6.04 Å². The molecular weight excluding hydrogens is 499 g/mol. The minimum absolute atomic E-state index is 0.0348. The van der Waals surface area contributed by atoms with Crippen LogP contribution < -0.4 is 10.2 Å². The summed E-state index contributed by atoms with van der Waals surface area (Å²) >= 11 is 6.08. The average Bonchev–Trinajstić information content (AvgIpc) is 3.46. The topological polar surface area (TPSA) is 106 Å². The number of aryl methyl sites for hydroxylation is 1. The van der Waals surface area contributed by atoms with Crippen LogP contribution >= 0.6 is 11.6 Å². The number of tetrazole rings is 1. The highest BCUT2D eigenvalue weighted by atomic mass is 35.5. The summed E-state index contributed by atoms with van der Waals surface area (Å²) in [6.07, 6.45) is 0. The van der Waals surface area contributed by atoms with Gasteiger partial charge in [-0.25, -0.2) is 4.39 Å². The van der Waals surface area contributed by atoms with E-state index in [9.17, 15) is 14.0 Å². The Labute approximate surface area is 218 Å². The Hall–Kier alpha value is -4.05. The molecule has 4 rings (SSSR count). The summed E-state index contributed by atoms with van der Waals surface area (Å²) in [7, 11) is 0. The average molecular weight is 525 g/mol. The van der Waals surface area contributed by atoms with Gasteiger partial charge in [-0.15, -0.1) is 10.2 Å². The van der Waals surface area contributed by atoms with E-state index >= 15 is 0 Å². The maximum atomic E-state index is 14.2. The van der Waals surface area contributed by atoms with Gasteiger partial charge in [-0.05, 0) is 81.4 Å². The zero-order valence-electron chi connectivity index (χ0n) is 20.8. The van der Waals surface area contributed by atoms with E-state index in [4.69, 9.17) is 16.0 Å². The predicted octanol–water partition coefficient (Wildman–Crippen LogP) is 4.72. The van der Waals surface area contributed by atoms with E-state index in [2.05, 4.69) is 20.7 Å². The van der Waals surface area contributed by atoms with Crippen molar-refractivity contribution < 1.29 is 18.4 Å². The number of nitrogens with one attached hydrogen (secondary N) is 1. The molecule has 2 aromatic carbocycles. The van der Waals surface area contributed by atoms with E-state index < -0.39 is 29.2 Å². The number of carbonyl (C=O) groups is 2. The third-order valence-electron chi connectivity index (χ3n) is 5.25. The van der Waals surface area contributed by atoms with E-state index in [1.165, 1.54) is 17.0 Å². The normalized spacial score (nSPS) is 12.3. The zero-order valence-corrected chi connectivity index (χ0v) is 21.5. The fourth-order valence-corrected chi connectivity index (χ4v) is 3.83. The fraction of sp³-hybridized carbons (Fsp3) is 0.269. The van der Waals surface area contributed by atoms with E-state index in [1.54, 1.807) is 55.5 Å². The molecule has 0 radical (unpaired) electrons. The Morgan fingerprint density at radius 2 is 1.81 bits per heavy atom. The fourth-order valence-electron chi connectivity index (χ4n) is 3.71. The lowest BCUT2D eigenvalue weighted by atomic mass is 10.1. The van der Waals surface area contributed by atoms with Crippen molar-refractivity contribution in [1.29, 1.82) is 0 Å². The third kappa shape index (κ3) is 6.21. The monoisotopic (exact) mass is 524 g/mol. The van der Waals surface area contributed by atoms with Crippen LogP contribution in [0.4, 0.5) is 10.1 Å². The molecular formula is C26H26ClFN6O3. The summed E-state index contributed by atoms with van der Waals surface area (Å²) in [6, 6.07) is 14.7. The van der Waals surface area contributed by atoms with Crippen molar-refractivity contribution in [3.8, 4) is 11.4 Å². The molecule has 0 spiro atoms. The minimum atomic E-state index is -1.14. The lowest BCUT2D eigenvalue weighted by Gasteiger charge is -2.32. The maximum Gasteiger partial charge on any atom is 0.251 e. The first-order valence-corrected chi connectivity index (χ1v) is 11.9. The maximum absolute atomic E-state index is 14.2. The SMILES string of the molecule is Cc1ccc(C(C(=O)NC(C)(C)C)N(C(=O)Cn2nnc(-c3ccccc3F)n2)c2ccc(Cl)cc2)o1. The van der Waals surface area contributed by atoms with Gasteiger partial charge in [0.25, 0.3) is 11.8 Å². The molecule has 4 aromatic rings. The summed E-state index contributed by atoms with van der Waals surface area (Å²) in [5.41, 5.74) is -0.00966. The number of rotatable bonds is 7. The van der Waals surface area contributed by atoms with Gasteiger partial charge in [0.05, 0.1) is 5.56 Å². The standard InChI is InChI=1S/C26H26ClFN6O3/c1-16-9-14-21(37-16)23(25(36)29-26(2,3)4)34(18-12-10-17(27)11-13-18)22(35)15-33-31-24(30-32-33)19-7-5-6-8-20(19)28/h5-14,23H,15H2,1-4H3,(H,29,36). The number of furan rings is 1. The van der Waals surface area contributed by atoms with Gasteiger partial charge in [-0.2, -0.15) is 4.80 Å². The highest BCUT2D eigenvalue weighted by Crippen LogP contribution is 2.31. The number of nitrogens with zero attached hydrogens (tertiary/aromatic N) is 5. The second-order valence-corrected chi connectivity index (χ2v) is 9.89. The molecule has 0 aliphatic rings. The molecule has 2 heterocycles. The number of aromatic nitrogens is 4. The van der Waals surface area contributed by atoms with Gasteiger partial charge in [0, 0.05) is 16.2 Å². The lowest BCUT2D eigenvalue weighted by Crippen LogP contribution is -2.50. The van der Waals surface area contributed by atoms with Crippen LogP contribution in [0.1, 0.15) is 38.3 Å². The zero-order chi connectivity index (χ0) is 26.7. The largest absolute Gasteiger partial charge is 0.464 e. The minimum Gasteiger partial charge on any atom is -0.464 e.